The molecule has 2 nitrogen and oxygen atoms in total. The van der Waals surface area contributed by atoms with Gasteiger partial charge in [-0.15, -0.1) is 6.58 Å². The summed E-state index contributed by atoms with van der Waals surface area (Å²) in [5.74, 6) is 0.821. The third-order valence-corrected chi connectivity index (χ3v) is 1.66. The number of anilines is 1. The van der Waals surface area contributed by atoms with Crippen LogP contribution in [0.15, 0.2) is 36.4 Å². The highest BCUT2D eigenvalue weighted by molar-refractivity contribution is 5.43. The number of benzene rings is 1. The first-order chi connectivity index (χ1) is 6.18. The van der Waals surface area contributed by atoms with E-state index in [0.29, 0.717) is 6.61 Å². The van der Waals surface area contributed by atoms with Crippen LogP contribution >= 0.6 is 0 Å². The lowest BCUT2D eigenvalue weighted by Gasteiger charge is -2.05. The maximum Gasteiger partial charge on any atom is 0.121 e. The van der Waals surface area contributed by atoms with Gasteiger partial charge in [0.2, 0.25) is 0 Å². The van der Waals surface area contributed by atoms with E-state index in [1.54, 1.807) is 0 Å². The molecule has 2 N–H and O–H groups in total. The molecular weight excluding hydrogens is 162 g/mol. The van der Waals surface area contributed by atoms with Gasteiger partial charge in [-0.25, -0.2) is 0 Å². The summed E-state index contributed by atoms with van der Waals surface area (Å²) in [5, 5.41) is 0. The molecule has 0 saturated heterocycles. The van der Waals surface area contributed by atoms with Crippen molar-refractivity contribution in [3.05, 3.63) is 36.4 Å². The van der Waals surface area contributed by atoms with E-state index in [2.05, 4.69) is 6.58 Å². The summed E-state index contributed by atoms with van der Waals surface area (Å²) in [5.41, 5.74) is 7.45. The molecule has 0 aliphatic rings. The summed E-state index contributed by atoms with van der Waals surface area (Å²) >= 11 is 0. The molecule has 1 rings (SSSR count). The van der Waals surface area contributed by atoms with Gasteiger partial charge >= 0.3 is 0 Å². The van der Waals surface area contributed by atoms with E-state index >= 15 is 0 Å². The lowest BCUT2D eigenvalue weighted by atomic mass is 10.2. The van der Waals surface area contributed by atoms with Crippen LogP contribution in [0.5, 0.6) is 5.75 Å². The average molecular weight is 177 g/mol. The zero-order valence-corrected chi connectivity index (χ0v) is 7.92. The van der Waals surface area contributed by atoms with Crippen molar-refractivity contribution in [3.8, 4) is 5.75 Å². The molecular formula is C11H15NO. The van der Waals surface area contributed by atoms with Crippen LogP contribution in [0, 0.1) is 0 Å². The van der Waals surface area contributed by atoms with E-state index in [-0.39, 0.29) is 0 Å². The number of nitrogen functional groups attached to an aromatic ring is 1. The first-order valence-electron chi connectivity index (χ1n) is 4.31. The van der Waals surface area contributed by atoms with Gasteiger partial charge in [0, 0.05) is 18.2 Å². The van der Waals surface area contributed by atoms with Gasteiger partial charge in [-0.1, -0.05) is 11.6 Å². The van der Waals surface area contributed by atoms with E-state index in [1.165, 1.54) is 0 Å². The highest BCUT2D eigenvalue weighted by Gasteiger charge is 1.93. The highest BCUT2D eigenvalue weighted by atomic mass is 16.5. The average Bonchev–Trinajstić information content (AvgIpc) is 2.03. The van der Waals surface area contributed by atoms with Crippen LogP contribution in [-0.2, 0) is 0 Å². The van der Waals surface area contributed by atoms with Crippen molar-refractivity contribution in [2.45, 2.75) is 13.3 Å². The summed E-state index contributed by atoms with van der Waals surface area (Å²) in [6.07, 6.45) is 0.884. The second-order valence-electron chi connectivity index (χ2n) is 3.13. The Morgan fingerprint density at radius 3 is 2.92 bits per heavy atom. The van der Waals surface area contributed by atoms with E-state index in [9.17, 15) is 0 Å². The zero-order valence-electron chi connectivity index (χ0n) is 7.92. The van der Waals surface area contributed by atoms with Gasteiger partial charge in [0.05, 0.1) is 6.61 Å². The Labute approximate surface area is 79.0 Å². The monoisotopic (exact) mass is 177 g/mol. The van der Waals surface area contributed by atoms with Crippen LogP contribution in [0.3, 0.4) is 0 Å². The molecule has 2 heteroatoms. The van der Waals surface area contributed by atoms with Crippen LogP contribution in [0.4, 0.5) is 5.69 Å². The Bertz CT molecular complexity index is 294. The second-order valence-corrected chi connectivity index (χ2v) is 3.13. The fourth-order valence-corrected chi connectivity index (χ4v) is 0.947. The highest BCUT2D eigenvalue weighted by Crippen LogP contribution is 2.14. The van der Waals surface area contributed by atoms with E-state index in [1.807, 2.05) is 31.2 Å². The fraction of sp³-hybridized carbons (Fsp3) is 0.273. The van der Waals surface area contributed by atoms with Crippen LogP contribution in [0.2, 0.25) is 0 Å². The maximum atomic E-state index is 5.59. The molecule has 13 heavy (non-hydrogen) atoms. The normalized spacial score (nSPS) is 9.62. The molecule has 0 saturated carbocycles. The number of nitrogens with two attached hydrogens (primary N) is 1. The Kier molecular flexibility index (Phi) is 3.38. The molecule has 0 spiro atoms. The Hall–Kier alpha value is -1.44. The minimum absolute atomic E-state index is 0.665. The molecule has 0 heterocycles. The van der Waals surface area contributed by atoms with Gasteiger partial charge in [0.25, 0.3) is 0 Å². The Morgan fingerprint density at radius 2 is 2.31 bits per heavy atom. The third-order valence-electron chi connectivity index (χ3n) is 1.66. The lowest BCUT2D eigenvalue weighted by Crippen LogP contribution is -1.97. The first kappa shape index (κ1) is 9.65. The molecule has 0 radical (unpaired) electrons. The summed E-state index contributed by atoms with van der Waals surface area (Å²) < 4.78 is 5.46. The van der Waals surface area contributed by atoms with Gasteiger partial charge < -0.3 is 10.5 Å². The molecule has 0 aromatic heterocycles. The largest absolute Gasteiger partial charge is 0.493 e. The lowest BCUT2D eigenvalue weighted by molar-refractivity contribution is 0.322. The fourth-order valence-electron chi connectivity index (χ4n) is 0.947. The van der Waals surface area contributed by atoms with Crippen LogP contribution in [0.25, 0.3) is 0 Å². The number of ether oxygens (including phenoxy) is 1. The van der Waals surface area contributed by atoms with Gasteiger partial charge in [-0.2, -0.15) is 0 Å². The van der Waals surface area contributed by atoms with Crippen LogP contribution in [-0.4, -0.2) is 6.61 Å². The molecule has 0 amide bonds. The van der Waals surface area contributed by atoms with E-state index in [4.69, 9.17) is 10.5 Å². The predicted molar refractivity (Wildman–Crippen MR) is 55.8 cm³/mol. The van der Waals surface area contributed by atoms with E-state index in [0.717, 1.165) is 23.4 Å². The molecule has 0 unspecified atom stereocenters. The molecule has 0 fully saturated rings. The van der Waals surface area contributed by atoms with Crippen molar-refractivity contribution < 1.29 is 4.74 Å². The molecule has 0 atom stereocenters. The second kappa shape index (κ2) is 4.55. The number of rotatable bonds is 4. The smallest absolute Gasteiger partial charge is 0.121 e. The molecule has 1 aromatic carbocycles. The van der Waals surface area contributed by atoms with Crippen molar-refractivity contribution in [1.29, 1.82) is 0 Å². The summed E-state index contributed by atoms with van der Waals surface area (Å²) in [7, 11) is 0. The molecule has 0 bridgehead atoms. The van der Waals surface area contributed by atoms with Crippen molar-refractivity contribution in [2.24, 2.45) is 0 Å². The number of hydrogen-bond acceptors (Lipinski definition) is 2. The van der Waals surface area contributed by atoms with Gasteiger partial charge in [-0.05, 0) is 19.1 Å². The van der Waals surface area contributed by atoms with E-state index < -0.39 is 0 Å². The Morgan fingerprint density at radius 1 is 1.54 bits per heavy atom. The molecule has 1 aromatic rings. The topological polar surface area (TPSA) is 35.2 Å². The SMILES string of the molecule is C=C(C)CCOc1cccc(N)c1. The quantitative estimate of drug-likeness (QED) is 0.566. The van der Waals surface area contributed by atoms with Crippen LogP contribution in [0.1, 0.15) is 13.3 Å². The van der Waals surface area contributed by atoms with Crippen LogP contribution < -0.4 is 10.5 Å². The van der Waals surface area contributed by atoms with Crippen molar-refractivity contribution >= 4 is 5.69 Å². The molecule has 0 aliphatic carbocycles. The Balaban J connectivity index is 2.41. The summed E-state index contributed by atoms with van der Waals surface area (Å²) in [4.78, 5) is 0. The first-order valence-corrected chi connectivity index (χ1v) is 4.31. The molecule has 0 aliphatic heterocycles. The minimum Gasteiger partial charge on any atom is -0.493 e. The van der Waals surface area contributed by atoms with Gasteiger partial charge in [0.1, 0.15) is 5.75 Å². The maximum absolute atomic E-state index is 5.59. The van der Waals surface area contributed by atoms with Crippen molar-refractivity contribution in [2.75, 3.05) is 12.3 Å². The zero-order chi connectivity index (χ0) is 9.68. The number of hydrogen-bond donors (Lipinski definition) is 1. The van der Waals surface area contributed by atoms with Gasteiger partial charge in [-0.3, -0.25) is 0 Å². The van der Waals surface area contributed by atoms with Crippen molar-refractivity contribution in [1.82, 2.24) is 0 Å². The van der Waals surface area contributed by atoms with Gasteiger partial charge in [0.15, 0.2) is 0 Å². The minimum atomic E-state index is 0.665. The summed E-state index contributed by atoms with van der Waals surface area (Å²) in [6.45, 7) is 6.45. The van der Waals surface area contributed by atoms with Crippen molar-refractivity contribution in [3.63, 3.8) is 0 Å². The molecule has 70 valence electrons. The third kappa shape index (κ3) is 3.65. The standard InChI is InChI=1S/C11H15NO/c1-9(2)6-7-13-11-5-3-4-10(12)8-11/h3-5,8H,1,6-7,12H2,2H3. The summed E-state index contributed by atoms with van der Waals surface area (Å²) in [6, 6.07) is 7.43. The predicted octanol–water partition coefficient (Wildman–Crippen LogP) is 2.61.